The molecule has 0 radical (unpaired) electrons. The topological polar surface area (TPSA) is 204 Å². The van der Waals surface area contributed by atoms with Gasteiger partial charge in [-0.25, -0.2) is 8.42 Å². The molecule has 0 aliphatic rings. The molecule has 0 unspecified atom stereocenters. The van der Waals surface area contributed by atoms with Gasteiger partial charge in [-0.15, -0.1) is 0 Å². The number of rotatable bonds is 15. The lowest BCUT2D eigenvalue weighted by Gasteiger charge is -2.21. The standard InChI is InChI=1S/C31H33NO14S4/c1-41-28-18-25(21-9-14-24(15-10-21)44-48(4,35)36)30(42-2)31(46-50(6,39)40)29(28)22-11-16-26(27(17-22)45-49(5,37)38)43-19-20-7-12-23(13-8-20)32-47(3,33)34/h7-18,32H,19H2,1-6H3. The SMILES string of the molecule is COc1cc(-c2ccc(OS(C)(=O)=O)cc2)c(OC)c(OS(C)(=O)=O)c1-c1ccc(OCc2ccc(NS(C)(=O)=O)cc2)c(OS(C)(=O)=O)c1. The highest BCUT2D eigenvalue weighted by molar-refractivity contribution is 7.92. The minimum absolute atomic E-state index is 0.00190. The highest BCUT2D eigenvalue weighted by Crippen LogP contribution is 2.52. The normalized spacial score (nSPS) is 12.1. The molecule has 0 saturated heterocycles. The number of benzene rings is 4. The molecule has 0 saturated carbocycles. The van der Waals surface area contributed by atoms with E-state index in [4.69, 9.17) is 26.8 Å². The zero-order valence-electron chi connectivity index (χ0n) is 27.5. The van der Waals surface area contributed by atoms with E-state index in [1.54, 1.807) is 12.1 Å². The molecule has 0 aromatic heterocycles. The molecule has 4 rings (SSSR count). The van der Waals surface area contributed by atoms with E-state index in [1.165, 1.54) is 74.9 Å². The Kier molecular flexibility index (Phi) is 11.1. The Labute approximate surface area is 291 Å². The van der Waals surface area contributed by atoms with Crippen molar-refractivity contribution in [3.8, 4) is 56.8 Å². The first-order chi connectivity index (χ1) is 23.1. The lowest BCUT2D eigenvalue weighted by molar-refractivity contribution is 0.296. The average molecular weight is 772 g/mol. The van der Waals surface area contributed by atoms with Gasteiger partial charge in [0.15, 0.2) is 23.0 Å². The first kappa shape index (κ1) is 38.1. The molecule has 0 heterocycles. The van der Waals surface area contributed by atoms with Crippen molar-refractivity contribution >= 4 is 46.1 Å². The molecule has 4 aromatic rings. The van der Waals surface area contributed by atoms with Crippen LogP contribution in [0.15, 0.2) is 72.8 Å². The van der Waals surface area contributed by atoms with Crippen molar-refractivity contribution in [2.75, 3.05) is 44.0 Å². The summed E-state index contributed by atoms with van der Waals surface area (Å²) < 4.78 is 131. The highest BCUT2D eigenvalue weighted by Gasteiger charge is 2.27. The van der Waals surface area contributed by atoms with Crippen LogP contribution in [0.2, 0.25) is 0 Å². The van der Waals surface area contributed by atoms with E-state index in [9.17, 15) is 33.7 Å². The fraction of sp³-hybridized carbons (Fsp3) is 0.226. The maximum atomic E-state index is 12.5. The third kappa shape index (κ3) is 10.6. The van der Waals surface area contributed by atoms with Crippen molar-refractivity contribution in [1.82, 2.24) is 0 Å². The van der Waals surface area contributed by atoms with Crippen LogP contribution in [-0.2, 0) is 47.0 Å². The first-order valence-corrected chi connectivity index (χ1v) is 21.4. The van der Waals surface area contributed by atoms with Crippen LogP contribution >= 0.6 is 0 Å². The summed E-state index contributed by atoms with van der Waals surface area (Å²) in [5.74, 6) is -0.490. The molecule has 50 heavy (non-hydrogen) atoms. The molecule has 0 aliphatic carbocycles. The van der Waals surface area contributed by atoms with E-state index in [1.807, 2.05) is 0 Å². The molecule has 0 amide bonds. The monoisotopic (exact) mass is 771 g/mol. The van der Waals surface area contributed by atoms with Crippen LogP contribution in [0.25, 0.3) is 22.3 Å². The van der Waals surface area contributed by atoms with Crippen LogP contribution in [0.1, 0.15) is 5.56 Å². The molecule has 19 heteroatoms. The summed E-state index contributed by atoms with van der Waals surface area (Å²) in [5, 5.41) is 0. The number of nitrogens with one attached hydrogen (secondary N) is 1. The Hall–Kier alpha value is -4.72. The number of ether oxygens (including phenoxy) is 3. The summed E-state index contributed by atoms with van der Waals surface area (Å²) in [6.07, 6.45) is 3.58. The van der Waals surface area contributed by atoms with E-state index in [2.05, 4.69) is 4.72 Å². The molecule has 0 fully saturated rings. The Morgan fingerprint density at radius 2 is 1.14 bits per heavy atom. The maximum Gasteiger partial charge on any atom is 0.306 e. The van der Waals surface area contributed by atoms with E-state index < -0.39 is 40.4 Å². The second-order valence-corrected chi connectivity index (χ2v) is 17.2. The molecule has 4 aromatic carbocycles. The van der Waals surface area contributed by atoms with Crippen LogP contribution < -0.4 is 31.5 Å². The fourth-order valence-electron chi connectivity index (χ4n) is 4.62. The average Bonchev–Trinajstić information content (AvgIpc) is 2.98. The van der Waals surface area contributed by atoms with Crippen molar-refractivity contribution in [3.05, 3.63) is 78.4 Å². The van der Waals surface area contributed by atoms with Crippen LogP contribution in [0.4, 0.5) is 5.69 Å². The number of methoxy groups -OCH3 is 2. The van der Waals surface area contributed by atoms with Crippen LogP contribution in [-0.4, -0.2) is 72.9 Å². The van der Waals surface area contributed by atoms with Gasteiger partial charge in [0, 0.05) is 11.3 Å². The van der Waals surface area contributed by atoms with Crippen molar-refractivity contribution in [2.24, 2.45) is 0 Å². The first-order valence-electron chi connectivity index (χ1n) is 14.1. The molecule has 0 spiro atoms. The number of hydrogen-bond acceptors (Lipinski definition) is 14. The van der Waals surface area contributed by atoms with Crippen molar-refractivity contribution < 1.29 is 60.4 Å². The third-order valence-corrected chi connectivity index (χ3v) is 8.45. The third-order valence-electron chi connectivity index (χ3n) is 6.40. The summed E-state index contributed by atoms with van der Waals surface area (Å²) in [6, 6.07) is 17.8. The van der Waals surface area contributed by atoms with E-state index in [-0.39, 0.29) is 52.2 Å². The second kappa shape index (κ2) is 14.6. The van der Waals surface area contributed by atoms with Crippen molar-refractivity contribution in [1.29, 1.82) is 0 Å². The van der Waals surface area contributed by atoms with Gasteiger partial charge in [0.25, 0.3) is 0 Å². The Balaban J connectivity index is 1.83. The van der Waals surface area contributed by atoms with Gasteiger partial charge >= 0.3 is 30.4 Å². The number of sulfonamides is 1. The van der Waals surface area contributed by atoms with Gasteiger partial charge in [-0.2, -0.15) is 25.3 Å². The predicted molar refractivity (Wildman–Crippen MR) is 186 cm³/mol. The summed E-state index contributed by atoms with van der Waals surface area (Å²) in [7, 11) is -13.0. The van der Waals surface area contributed by atoms with E-state index >= 15 is 0 Å². The Morgan fingerprint density at radius 3 is 1.66 bits per heavy atom. The smallest absolute Gasteiger partial charge is 0.306 e. The lowest BCUT2D eigenvalue weighted by Crippen LogP contribution is -2.10. The molecular formula is C31H33NO14S4. The summed E-state index contributed by atoms with van der Waals surface area (Å²) in [6.45, 7) is -0.0685. The van der Waals surface area contributed by atoms with Crippen LogP contribution in [0.3, 0.4) is 0 Å². The zero-order valence-corrected chi connectivity index (χ0v) is 30.7. The minimum atomic E-state index is -4.20. The van der Waals surface area contributed by atoms with Gasteiger partial charge in [0.1, 0.15) is 18.1 Å². The molecule has 15 nitrogen and oxygen atoms in total. The van der Waals surface area contributed by atoms with Gasteiger partial charge in [-0.3, -0.25) is 4.72 Å². The summed E-state index contributed by atoms with van der Waals surface area (Å²) >= 11 is 0. The lowest BCUT2D eigenvalue weighted by atomic mass is 9.96. The fourth-order valence-corrected chi connectivity index (χ4v) is 6.56. The largest absolute Gasteiger partial charge is 0.496 e. The van der Waals surface area contributed by atoms with Gasteiger partial charge in [0.2, 0.25) is 10.0 Å². The molecule has 1 N–H and O–H groups in total. The van der Waals surface area contributed by atoms with Gasteiger partial charge < -0.3 is 26.8 Å². The quantitative estimate of drug-likeness (QED) is 0.170. The Bertz CT molecular complexity index is 2320. The van der Waals surface area contributed by atoms with Crippen molar-refractivity contribution in [3.63, 3.8) is 0 Å². The van der Waals surface area contributed by atoms with Gasteiger partial charge in [0.05, 0.1) is 44.8 Å². The van der Waals surface area contributed by atoms with Crippen LogP contribution in [0, 0.1) is 0 Å². The van der Waals surface area contributed by atoms with E-state index in [0.717, 1.165) is 25.0 Å². The van der Waals surface area contributed by atoms with Gasteiger partial charge in [-0.1, -0.05) is 30.3 Å². The molecule has 0 aliphatic heterocycles. The predicted octanol–water partition coefficient (Wildman–Crippen LogP) is 4.00. The molecule has 0 atom stereocenters. The minimum Gasteiger partial charge on any atom is -0.496 e. The molecular weight excluding hydrogens is 739 g/mol. The molecule has 0 bridgehead atoms. The maximum absolute atomic E-state index is 12.5. The Morgan fingerprint density at radius 1 is 0.560 bits per heavy atom. The van der Waals surface area contributed by atoms with Gasteiger partial charge in [-0.05, 0) is 59.2 Å². The van der Waals surface area contributed by atoms with Crippen LogP contribution in [0.5, 0.6) is 34.5 Å². The zero-order chi connectivity index (χ0) is 37.1. The summed E-state index contributed by atoms with van der Waals surface area (Å²) in [4.78, 5) is 0. The highest BCUT2D eigenvalue weighted by atomic mass is 32.2. The molecule has 270 valence electrons. The number of hydrogen-bond donors (Lipinski definition) is 1. The van der Waals surface area contributed by atoms with E-state index in [0.29, 0.717) is 22.4 Å². The van der Waals surface area contributed by atoms with Crippen molar-refractivity contribution in [2.45, 2.75) is 6.61 Å². The summed E-state index contributed by atoms with van der Waals surface area (Å²) in [5.41, 5.74) is 1.92. The second-order valence-electron chi connectivity index (χ2n) is 10.8. The number of anilines is 1.